The van der Waals surface area contributed by atoms with E-state index in [-0.39, 0.29) is 23.4 Å². The first kappa shape index (κ1) is 23.0. The lowest BCUT2D eigenvalue weighted by Crippen LogP contribution is -2.40. The van der Waals surface area contributed by atoms with Crippen LogP contribution in [-0.2, 0) is 13.6 Å². The predicted molar refractivity (Wildman–Crippen MR) is 125 cm³/mol. The van der Waals surface area contributed by atoms with E-state index in [1.165, 1.54) is 0 Å². The van der Waals surface area contributed by atoms with Crippen LogP contribution < -0.4 is 5.32 Å². The van der Waals surface area contributed by atoms with Crippen molar-refractivity contribution in [2.45, 2.75) is 38.3 Å². The summed E-state index contributed by atoms with van der Waals surface area (Å²) in [7, 11) is 1.87. The van der Waals surface area contributed by atoms with Crippen molar-refractivity contribution in [2.75, 3.05) is 6.54 Å². The first-order valence-corrected chi connectivity index (χ1v) is 11.7. The Morgan fingerprint density at radius 1 is 1.11 bits per heavy atom. The van der Waals surface area contributed by atoms with Gasteiger partial charge in [0.15, 0.2) is 17.4 Å². The lowest BCUT2D eigenvalue weighted by molar-refractivity contribution is 0.0635. The molecule has 182 valence electrons. The van der Waals surface area contributed by atoms with Crippen molar-refractivity contribution in [1.82, 2.24) is 20.0 Å². The van der Waals surface area contributed by atoms with Crippen LogP contribution in [0.3, 0.4) is 0 Å². The third-order valence-electron chi connectivity index (χ3n) is 7.03. The van der Waals surface area contributed by atoms with Gasteiger partial charge < -0.3 is 15.3 Å². The number of fused-ring (bicyclic) bond motifs is 1. The Labute approximate surface area is 201 Å². The molecular weight excluding hydrogens is 454 g/mol. The third kappa shape index (κ3) is 4.50. The molecule has 0 unspecified atom stereocenters. The molecule has 0 radical (unpaired) electrons. The molecule has 0 atom stereocenters. The summed E-state index contributed by atoms with van der Waals surface area (Å²) in [6.07, 6.45) is 5.22. The number of aromatic nitrogens is 2. The van der Waals surface area contributed by atoms with E-state index >= 15 is 0 Å². The van der Waals surface area contributed by atoms with Crippen LogP contribution in [0.5, 0.6) is 5.75 Å². The SMILES string of the molecule is Cn1ccc(-c2ccc3c(c2)CN([C@H]2CC[C@H](CNC(=O)c4cc(F)c(O)c(F)c4)CC2)C3=O)n1. The van der Waals surface area contributed by atoms with Gasteiger partial charge in [0.1, 0.15) is 0 Å². The average molecular weight is 481 g/mol. The number of carbonyl (C=O) groups excluding carboxylic acids is 2. The van der Waals surface area contributed by atoms with Gasteiger partial charge in [-0.05, 0) is 67.5 Å². The lowest BCUT2D eigenvalue weighted by Gasteiger charge is -2.34. The van der Waals surface area contributed by atoms with Gasteiger partial charge in [-0.3, -0.25) is 14.3 Å². The highest BCUT2D eigenvalue weighted by atomic mass is 19.1. The molecule has 1 aliphatic carbocycles. The second kappa shape index (κ2) is 9.13. The summed E-state index contributed by atoms with van der Waals surface area (Å²) < 4.78 is 28.8. The van der Waals surface area contributed by atoms with Crippen molar-refractivity contribution >= 4 is 11.8 Å². The Bertz CT molecular complexity index is 1270. The van der Waals surface area contributed by atoms with Gasteiger partial charge in [0, 0.05) is 49.1 Å². The van der Waals surface area contributed by atoms with Gasteiger partial charge in [-0.1, -0.05) is 6.07 Å². The maximum absolute atomic E-state index is 13.5. The topological polar surface area (TPSA) is 87.5 Å². The van der Waals surface area contributed by atoms with Crippen molar-refractivity contribution in [3.05, 3.63) is 70.9 Å². The number of phenols is 1. The van der Waals surface area contributed by atoms with E-state index in [9.17, 15) is 23.5 Å². The zero-order chi connectivity index (χ0) is 24.7. The number of aryl methyl sites for hydroxylation is 1. The second-order valence-electron chi connectivity index (χ2n) is 9.35. The zero-order valence-corrected chi connectivity index (χ0v) is 19.3. The Kier molecular flexibility index (Phi) is 6.00. The number of halogens is 2. The molecule has 2 aliphatic rings. The maximum atomic E-state index is 13.5. The van der Waals surface area contributed by atoms with E-state index in [1.807, 2.05) is 42.4 Å². The van der Waals surface area contributed by atoms with Crippen molar-refractivity contribution in [1.29, 1.82) is 0 Å². The molecule has 9 heteroatoms. The van der Waals surface area contributed by atoms with Crippen LogP contribution in [-0.4, -0.2) is 44.2 Å². The summed E-state index contributed by atoms with van der Waals surface area (Å²) in [5.74, 6) is -3.73. The maximum Gasteiger partial charge on any atom is 0.254 e. The minimum atomic E-state index is -1.17. The van der Waals surface area contributed by atoms with Crippen molar-refractivity contribution in [3.8, 4) is 17.0 Å². The summed E-state index contributed by atoms with van der Waals surface area (Å²) >= 11 is 0. The van der Waals surface area contributed by atoms with Gasteiger partial charge in [0.2, 0.25) is 0 Å². The third-order valence-corrected chi connectivity index (χ3v) is 7.03. The monoisotopic (exact) mass is 480 g/mol. The fraction of sp³-hybridized carbons (Fsp3) is 0.346. The molecule has 2 aromatic carbocycles. The minimum absolute atomic E-state index is 0.0562. The molecule has 35 heavy (non-hydrogen) atoms. The fourth-order valence-corrected chi connectivity index (χ4v) is 5.06. The number of aromatic hydroxyl groups is 1. The second-order valence-corrected chi connectivity index (χ2v) is 9.35. The average Bonchev–Trinajstić information content (AvgIpc) is 3.43. The number of hydrogen-bond donors (Lipinski definition) is 2. The van der Waals surface area contributed by atoms with Crippen LogP contribution in [0, 0.1) is 17.6 Å². The summed E-state index contributed by atoms with van der Waals surface area (Å²) in [5.41, 5.74) is 3.46. The number of phenolic OH excluding ortho intramolecular Hbond substituents is 1. The summed E-state index contributed by atoms with van der Waals surface area (Å²) in [6, 6.07) is 9.60. The first-order valence-electron chi connectivity index (χ1n) is 11.7. The van der Waals surface area contributed by atoms with Crippen LogP contribution in [0.4, 0.5) is 8.78 Å². The molecule has 7 nitrogen and oxygen atoms in total. The number of nitrogens with one attached hydrogen (secondary N) is 1. The highest BCUT2D eigenvalue weighted by Gasteiger charge is 2.35. The van der Waals surface area contributed by atoms with E-state index < -0.39 is 23.3 Å². The molecule has 2 N–H and O–H groups in total. The van der Waals surface area contributed by atoms with E-state index in [2.05, 4.69) is 10.4 Å². The lowest BCUT2D eigenvalue weighted by atomic mass is 9.85. The van der Waals surface area contributed by atoms with E-state index in [1.54, 1.807) is 4.68 Å². The molecule has 0 bridgehead atoms. The molecule has 1 aliphatic heterocycles. The molecule has 2 amide bonds. The van der Waals surface area contributed by atoms with Gasteiger partial charge in [-0.15, -0.1) is 0 Å². The van der Waals surface area contributed by atoms with Crippen molar-refractivity contribution in [2.24, 2.45) is 13.0 Å². The molecule has 2 heterocycles. The van der Waals surface area contributed by atoms with Gasteiger partial charge in [-0.25, -0.2) is 8.78 Å². The smallest absolute Gasteiger partial charge is 0.254 e. The van der Waals surface area contributed by atoms with Crippen molar-refractivity contribution < 1.29 is 23.5 Å². The van der Waals surface area contributed by atoms with Gasteiger partial charge >= 0.3 is 0 Å². The van der Waals surface area contributed by atoms with Crippen LogP contribution in [0.15, 0.2) is 42.6 Å². The summed E-state index contributed by atoms with van der Waals surface area (Å²) in [6.45, 7) is 0.968. The molecule has 0 spiro atoms. The number of benzene rings is 2. The quantitative estimate of drug-likeness (QED) is 0.578. The Morgan fingerprint density at radius 2 is 1.83 bits per heavy atom. The van der Waals surface area contributed by atoms with E-state index in [4.69, 9.17) is 0 Å². The van der Waals surface area contributed by atoms with Gasteiger partial charge in [0.25, 0.3) is 11.8 Å². The van der Waals surface area contributed by atoms with Crippen LogP contribution in [0.1, 0.15) is 52.0 Å². The van der Waals surface area contributed by atoms with E-state index in [0.717, 1.165) is 60.2 Å². The summed E-state index contributed by atoms with van der Waals surface area (Å²) in [5, 5.41) is 16.4. The van der Waals surface area contributed by atoms with Gasteiger partial charge in [-0.2, -0.15) is 5.10 Å². The Hall–Kier alpha value is -3.75. The molecule has 3 aromatic rings. The van der Waals surface area contributed by atoms with Crippen LogP contribution in [0.2, 0.25) is 0 Å². The number of hydrogen-bond acceptors (Lipinski definition) is 4. The minimum Gasteiger partial charge on any atom is -0.503 e. The molecule has 1 fully saturated rings. The Balaban J connectivity index is 1.16. The molecule has 0 saturated heterocycles. The predicted octanol–water partition coefficient (Wildman–Crippen LogP) is 4.02. The molecule has 1 aromatic heterocycles. The van der Waals surface area contributed by atoms with Crippen LogP contribution in [0.25, 0.3) is 11.3 Å². The molecule has 5 rings (SSSR count). The normalized spacial score (nSPS) is 19.6. The van der Waals surface area contributed by atoms with Gasteiger partial charge in [0.05, 0.1) is 5.69 Å². The Morgan fingerprint density at radius 3 is 2.49 bits per heavy atom. The highest BCUT2D eigenvalue weighted by Crippen LogP contribution is 2.34. The zero-order valence-electron chi connectivity index (χ0n) is 19.3. The van der Waals surface area contributed by atoms with Crippen molar-refractivity contribution in [3.63, 3.8) is 0 Å². The number of nitrogens with zero attached hydrogens (tertiary/aromatic N) is 3. The standard InChI is InChI=1S/C26H26F2N4O3/c1-31-9-8-23(30-31)16-4-7-20-18(10-16)14-32(26(20)35)19-5-2-15(3-6-19)13-29-25(34)17-11-21(27)24(33)22(28)12-17/h4,7-12,15,19,33H,2-3,5-6,13-14H2,1H3,(H,29,34)/t15-,19-. The number of carbonyl (C=O) groups is 2. The largest absolute Gasteiger partial charge is 0.503 e. The highest BCUT2D eigenvalue weighted by molar-refractivity contribution is 5.99. The fourth-order valence-electron chi connectivity index (χ4n) is 5.06. The first-order chi connectivity index (χ1) is 16.8. The molecule has 1 saturated carbocycles. The summed E-state index contributed by atoms with van der Waals surface area (Å²) in [4.78, 5) is 27.3. The number of rotatable bonds is 5. The molecular formula is C26H26F2N4O3. The van der Waals surface area contributed by atoms with E-state index in [0.29, 0.717) is 13.1 Å². The van der Waals surface area contributed by atoms with Crippen LogP contribution >= 0.6 is 0 Å². The number of amides is 2.